The highest BCUT2D eigenvalue weighted by atomic mass is 15.3. The van der Waals surface area contributed by atoms with Crippen molar-refractivity contribution in [2.45, 2.75) is 26.3 Å². The van der Waals surface area contributed by atoms with E-state index in [1.807, 2.05) is 0 Å². The molecule has 0 saturated heterocycles. The Bertz CT molecular complexity index is 140. The van der Waals surface area contributed by atoms with E-state index in [4.69, 9.17) is 0 Å². The quantitative estimate of drug-likeness (QED) is 0.490. The van der Waals surface area contributed by atoms with Crippen LogP contribution in [-0.4, -0.2) is 37.1 Å². The van der Waals surface area contributed by atoms with Crippen molar-refractivity contribution < 1.29 is 9.48 Å². The lowest BCUT2D eigenvalue weighted by atomic mass is 10.2. The molecule has 1 rings (SSSR count). The van der Waals surface area contributed by atoms with Gasteiger partial charge < -0.3 is 0 Å². The third kappa shape index (κ3) is 1.37. The SMILES string of the molecule is CCC1C[NH+](CC)C=[N+]1C. The molecular weight excluding hydrogens is 124 g/mol. The van der Waals surface area contributed by atoms with Crippen LogP contribution in [0.2, 0.25) is 0 Å². The van der Waals surface area contributed by atoms with E-state index in [1.165, 1.54) is 19.5 Å². The fraction of sp³-hybridized carbons (Fsp3) is 0.875. The van der Waals surface area contributed by atoms with Gasteiger partial charge in [-0.1, -0.05) is 6.92 Å². The summed E-state index contributed by atoms with van der Waals surface area (Å²) >= 11 is 0. The summed E-state index contributed by atoms with van der Waals surface area (Å²) in [6.45, 7) is 7.01. The average Bonchev–Trinajstić information content (AvgIpc) is 2.30. The van der Waals surface area contributed by atoms with Crippen molar-refractivity contribution >= 4 is 6.34 Å². The molecule has 0 aliphatic carbocycles. The minimum atomic E-state index is 0.787. The number of nitrogens with zero attached hydrogens (tertiary/aromatic N) is 1. The van der Waals surface area contributed by atoms with E-state index in [1.54, 1.807) is 4.90 Å². The van der Waals surface area contributed by atoms with Gasteiger partial charge in [0.25, 0.3) is 0 Å². The Labute approximate surface area is 63.2 Å². The smallest absolute Gasteiger partial charge is 0.249 e. The van der Waals surface area contributed by atoms with Crippen molar-refractivity contribution in [1.29, 1.82) is 0 Å². The number of hydrogen-bond acceptors (Lipinski definition) is 0. The van der Waals surface area contributed by atoms with E-state index in [2.05, 4.69) is 31.8 Å². The predicted molar refractivity (Wildman–Crippen MR) is 42.7 cm³/mol. The van der Waals surface area contributed by atoms with Gasteiger partial charge in [0, 0.05) is 6.42 Å². The molecular formula is C8H18N2+2. The molecule has 1 aliphatic heterocycles. The second-order valence-electron chi connectivity index (χ2n) is 3.07. The van der Waals surface area contributed by atoms with E-state index in [0.29, 0.717) is 0 Å². The first-order chi connectivity index (χ1) is 4.77. The first kappa shape index (κ1) is 7.73. The second kappa shape index (κ2) is 3.15. The zero-order chi connectivity index (χ0) is 7.56. The van der Waals surface area contributed by atoms with Gasteiger partial charge in [-0.25, -0.2) is 4.90 Å². The van der Waals surface area contributed by atoms with Crippen LogP contribution in [0.15, 0.2) is 0 Å². The molecule has 10 heavy (non-hydrogen) atoms. The fourth-order valence-electron chi connectivity index (χ4n) is 1.56. The molecule has 1 N–H and O–H groups in total. The van der Waals surface area contributed by atoms with Crippen LogP contribution in [0, 0.1) is 0 Å². The van der Waals surface area contributed by atoms with E-state index >= 15 is 0 Å². The lowest BCUT2D eigenvalue weighted by Crippen LogP contribution is -3.10. The summed E-state index contributed by atoms with van der Waals surface area (Å²) in [5.41, 5.74) is 0. The van der Waals surface area contributed by atoms with Crippen LogP contribution in [0.3, 0.4) is 0 Å². The third-order valence-electron chi connectivity index (χ3n) is 2.39. The summed E-state index contributed by atoms with van der Waals surface area (Å²) in [5, 5.41) is 0. The maximum absolute atomic E-state index is 2.35. The molecule has 0 fully saturated rings. The van der Waals surface area contributed by atoms with E-state index in [9.17, 15) is 0 Å². The average molecular weight is 142 g/mol. The molecule has 2 nitrogen and oxygen atoms in total. The molecule has 0 radical (unpaired) electrons. The molecule has 1 aliphatic rings. The summed E-state index contributed by atoms with van der Waals surface area (Å²) in [7, 11) is 2.18. The molecule has 0 aromatic heterocycles. The topological polar surface area (TPSA) is 7.45 Å². The molecule has 0 bridgehead atoms. The Morgan fingerprint density at radius 2 is 2.30 bits per heavy atom. The van der Waals surface area contributed by atoms with Gasteiger partial charge in [-0.2, -0.15) is 4.58 Å². The summed E-state index contributed by atoms with van der Waals surface area (Å²) in [6.07, 6.45) is 3.57. The van der Waals surface area contributed by atoms with Crippen molar-refractivity contribution in [2.75, 3.05) is 20.1 Å². The fourth-order valence-corrected chi connectivity index (χ4v) is 1.56. The second-order valence-corrected chi connectivity index (χ2v) is 3.07. The maximum atomic E-state index is 2.35. The lowest BCUT2D eigenvalue weighted by molar-refractivity contribution is -0.792. The zero-order valence-electron chi connectivity index (χ0n) is 7.22. The normalized spacial score (nSPS) is 32.5. The van der Waals surface area contributed by atoms with Crippen molar-refractivity contribution in [3.63, 3.8) is 0 Å². The Balaban J connectivity index is 2.50. The van der Waals surface area contributed by atoms with E-state index in [-0.39, 0.29) is 0 Å². The molecule has 0 spiro atoms. The molecule has 0 amide bonds. The van der Waals surface area contributed by atoms with Crippen LogP contribution in [0.1, 0.15) is 20.3 Å². The highest BCUT2D eigenvalue weighted by Gasteiger charge is 2.29. The minimum Gasteiger partial charge on any atom is -0.249 e. The van der Waals surface area contributed by atoms with Crippen molar-refractivity contribution in [1.82, 2.24) is 0 Å². The Kier molecular flexibility index (Phi) is 2.44. The molecule has 0 saturated carbocycles. The minimum absolute atomic E-state index is 0.787. The van der Waals surface area contributed by atoms with Crippen molar-refractivity contribution in [2.24, 2.45) is 0 Å². The standard InChI is InChI=1S/C8H17N2/c1-4-8-6-10(5-2)7-9(8)3/h7-8H,4-6H2,1-3H3/q+1/p+1. The first-order valence-corrected chi connectivity index (χ1v) is 4.19. The van der Waals surface area contributed by atoms with Gasteiger partial charge in [-0.3, -0.25) is 0 Å². The van der Waals surface area contributed by atoms with Crippen LogP contribution in [-0.2, 0) is 0 Å². The molecule has 0 aromatic carbocycles. The third-order valence-corrected chi connectivity index (χ3v) is 2.39. The van der Waals surface area contributed by atoms with Crippen LogP contribution >= 0.6 is 0 Å². The molecule has 2 atom stereocenters. The molecule has 58 valence electrons. The summed E-state index contributed by atoms with van der Waals surface area (Å²) < 4.78 is 2.35. The highest BCUT2D eigenvalue weighted by Crippen LogP contribution is 1.93. The highest BCUT2D eigenvalue weighted by molar-refractivity contribution is 5.37. The summed E-state index contributed by atoms with van der Waals surface area (Å²) in [6, 6.07) is 0.787. The molecule has 2 unspecified atom stereocenters. The predicted octanol–water partition coefficient (Wildman–Crippen LogP) is -0.646. The molecule has 1 heterocycles. The van der Waals surface area contributed by atoms with Gasteiger partial charge in [0.2, 0.25) is 6.04 Å². The van der Waals surface area contributed by atoms with E-state index < -0.39 is 0 Å². The lowest BCUT2D eigenvalue weighted by Gasteiger charge is -2.01. The van der Waals surface area contributed by atoms with Gasteiger partial charge in [0.15, 0.2) is 0 Å². The van der Waals surface area contributed by atoms with Gasteiger partial charge in [0.05, 0.1) is 6.54 Å². The van der Waals surface area contributed by atoms with Gasteiger partial charge >= 0.3 is 6.34 Å². The number of quaternary nitrogens is 1. The maximum Gasteiger partial charge on any atom is 0.325 e. The Hall–Kier alpha value is -0.370. The van der Waals surface area contributed by atoms with Crippen molar-refractivity contribution in [3.05, 3.63) is 0 Å². The van der Waals surface area contributed by atoms with Crippen molar-refractivity contribution in [3.8, 4) is 0 Å². The van der Waals surface area contributed by atoms with E-state index in [0.717, 1.165) is 6.04 Å². The van der Waals surface area contributed by atoms with Crippen LogP contribution in [0.25, 0.3) is 0 Å². The van der Waals surface area contributed by atoms with Gasteiger partial charge in [0.1, 0.15) is 13.6 Å². The molecule has 2 heteroatoms. The van der Waals surface area contributed by atoms with Gasteiger partial charge in [-0.05, 0) is 6.92 Å². The Morgan fingerprint density at radius 3 is 2.60 bits per heavy atom. The molecule has 0 aromatic rings. The van der Waals surface area contributed by atoms with Crippen LogP contribution in [0.5, 0.6) is 0 Å². The number of nitrogens with one attached hydrogen (secondary N) is 1. The Morgan fingerprint density at radius 1 is 1.60 bits per heavy atom. The monoisotopic (exact) mass is 142 g/mol. The summed E-state index contributed by atoms with van der Waals surface area (Å²) in [4.78, 5) is 1.61. The van der Waals surface area contributed by atoms with Gasteiger partial charge in [-0.15, -0.1) is 0 Å². The first-order valence-electron chi connectivity index (χ1n) is 4.19. The zero-order valence-corrected chi connectivity index (χ0v) is 7.22. The van der Waals surface area contributed by atoms with Crippen LogP contribution in [0.4, 0.5) is 0 Å². The largest absolute Gasteiger partial charge is 0.325 e. The van der Waals surface area contributed by atoms with Crippen LogP contribution < -0.4 is 4.90 Å². The summed E-state index contributed by atoms with van der Waals surface area (Å²) in [5.74, 6) is 0. The number of rotatable bonds is 2. The number of hydrogen-bond donors (Lipinski definition) is 1. The number of likely N-dealkylation sites (N-methyl/N-ethyl adjacent to an activating group) is 2.